The highest BCUT2D eigenvalue weighted by atomic mass is 16.4. The molecule has 0 aliphatic rings. The highest BCUT2D eigenvalue weighted by molar-refractivity contribution is 5.84. The Morgan fingerprint density at radius 2 is 2.25 bits per heavy atom. The van der Waals surface area contributed by atoms with Crippen LogP contribution < -0.4 is 5.73 Å². The van der Waals surface area contributed by atoms with E-state index in [0.717, 1.165) is 11.3 Å². The molecule has 1 atom stereocenters. The van der Waals surface area contributed by atoms with Gasteiger partial charge in [-0.1, -0.05) is 6.07 Å². The fourth-order valence-corrected chi connectivity index (χ4v) is 2.31. The van der Waals surface area contributed by atoms with E-state index in [2.05, 4.69) is 16.0 Å². The molecule has 0 spiro atoms. The lowest BCUT2D eigenvalue weighted by molar-refractivity contribution is 0.421. The molecule has 2 N–H and O–H groups in total. The minimum Gasteiger partial charge on any atom is -0.444 e. The van der Waals surface area contributed by atoms with Gasteiger partial charge in [-0.2, -0.15) is 5.26 Å². The summed E-state index contributed by atoms with van der Waals surface area (Å²) in [6.07, 6.45) is 1.67. The number of imidazole rings is 1. The van der Waals surface area contributed by atoms with Gasteiger partial charge in [-0.3, -0.25) is 4.57 Å². The standard InChI is InChI=1S/C14H13N5O/c1-8-7-17-13(20-8)9(2)19-11-5-3-4-10(6-15)12(11)18-14(19)16/h3-5,7,9H,1-2H3,(H2,16,18). The van der Waals surface area contributed by atoms with E-state index in [-0.39, 0.29) is 6.04 Å². The molecular weight excluding hydrogens is 254 g/mol. The van der Waals surface area contributed by atoms with Crippen molar-refractivity contribution in [1.29, 1.82) is 5.26 Å². The fraction of sp³-hybridized carbons (Fsp3) is 0.214. The first-order valence-electron chi connectivity index (χ1n) is 6.20. The predicted octanol–water partition coefficient (Wildman–Crippen LogP) is 2.40. The van der Waals surface area contributed by atoms with Crippen molar-refractivity contribution >= 4 is 17.0 Å². The molecule has 0 fully saturated rings. The number of hydrogen-bond donors (Lipinski definition) is 1. The molecule has 6 heteroatoms. The molecule has 1 unspecified atom stereocenters. The van der Waals surface area contributed by atoms with Crippen LogP contribution in [0.2, 0.25) is 0 Å². The Bertz CT molecular complexity index is 824. The molecule has 100 valence electrons. The number of nitrogen functional groups attached to an aromatic ring is 1. The van der Waals surface area contributed by atoms with E-state index in [1.807, 2.05) is 30.5 Å². The number of oxazole rings is 1. The monoisotopic (exact) mass is 267 g/mol. The van der Waals surface area contributed by atoms with E-state index >= 15 is 0 Å². The van der Waals surface area contributed by atoms with Crippen molar-refractivity contribution in [2.75, 3.05) is 5.73 Å². The third-order valence-electron chi connectivity index (χ3n) is 3.25. The Morgan fingerprint density at radius 3 is 2.90 bits per heavy atom. The molecule has 0 radical (unpaired) electrons. The number of nitrogens with zero attached hydrogens (tertiary/aromatic N) is 4. The molecular formula is C14H13N5O. The number of aryl methyl sites for hydroxylation is 1. The van der Waals surface area contributed by atoms with E-state index in [0.29, 0.717) is 22.9 Å². The number of anilines is 1. The van der Waals surface area contributed by atoms with Crippen LogP contribution in [0.3, 0.4) is 0 Å². The van der Waals surface area contributed by atoms with Crippen molar-refractivity contribution in [3.8, 4) is 6.07 Å². The van der Waals surface area contributed by atoms with Gasteiger partial charge >= 0.3 is 0 Å². The van der Waals surface area contributed by atoms with Crippen molar-refractivity contribution in [3.63, 3.8) is 0 Å². The second-order valence-corrected chi connectivity index (χ2v) is 4.61. The SMILES string of the molecule is Cc1cnc(C(C)n2c(N)nc3c(C#N)cccc32)o1. The second-order valence-electron chi connectivity index (χ2n) is 4.61. The number of aromatic nitrogens is 3. The summed E-state index contributed by atoms with van der Waals surface area (Å²) in [5.74, 6) is 1.65. The van der Waals surface area contributed by atoms with E-state index in [4.69, 9.17) is 15.4 Å². The summed E-state index contributed by atoms with van der Waals surface area (Å²) < 4.78 is 7.37. The Kier molecular flexibility index (Phi) is 2.68. The zero-order chi connectivity index (χ0) is 14.3. The van der Waals surface area contributed by atoms with Crippen molar-refractivity contribution in [1.82, 2.24) is 14.5 Å². The van der Waals surface area contributed by atoms with Crippen LogP contribution in [0, 0.1) is 18.3 Å². The number of fused-ring (bicyclic) bond motifs is 1. The normalized spacial score (nSPS) is 12.4. The summed E-state index contributed by atoms with van der Waals surface area (Å²) in [5, 5.41) is 9.12. The third-order valence-corrected chi connectivity index (χ3v) is 3.25. The Labute approximate surface area is 115 Å². The van der Waals surface area contributed by atoms with Crippen LogP contribution in [0.5, 0.6) is 0 Å². The number of rotatable bonds is 2. The molecule has 2 aromatic heterocycles. The third kappa shape index (κ3) is 1.72. The molecule has 3 aromatic rings. The topological polar surface area (TPSA) is 93.7 Å². The summed E-state index contributed by atoms with van der Waals surface area (Å²) in [7, 11) is 0. The Balaban J connectivity index is 2.21. The average Bonchev–Trinajstić information content (AvgIpc) is 3.00. The first-order chi connectivity index (χ1) is 9.61. The smallest absolute Gasteiger partial charge is 0.217 e. The predicted molar refractivity (Wildman–Crippen MR) is 73.9 cm³/mol. The Morgan fingerprint density at radius 1 is 1.45 bits per heavy atom. The van der Waals surface area contributed by atoms with Crippen molar-refractivity contribution in [2.45, 2.75) is 19.9 Å². The van der Waals surface area contributed by atoms with E-state index < -0.39 is 0 Å². The van der Waals surface area contributed by atoms with Crippen LogP contribution in [0.25, 0.3) is 11.0 Å². The van der Waals surface area contributed by atoms with Crippen LogP contribution in [0.1, 0.15) is 30.2 Å². The molecule has 2 heterocycles. The summed E-state index contributed by atoms with van der Waals surface area (Å²) >= 11 is 0. The highest BCUT2D eigenvalue weighted by Gasteiger charge is 2.20. The van der Waals surface area contributed by atoms with Gasteiger partial charge in [0.05, 0.1) is 17.3 Å². The summed E-state index contributed by atoms with van der Waals surface area (Å²) in [4.78, 5) is 8.51. The highest BCUT2D eigenvalue weighted by Crippen LogP contribution is 2.28. The van der Waals surface area contributed by atoms with Crippen LogP contribution in [0.15, 0.2) is 28.8 Å². The molecule has 0 aliphatic carbocycles. The first-order valence-corrected chi connectivity index (χ1v) is 6.20. The first kappa shape index (κ1) is 12.2. The van der Waals surface area contributed by atoms with Gasteiger partial charge in [0.15, 0.2) is 0 Å². The van der Waals surface area contributed by atoms with Gasteiger partial charge in [-0.05, 0) is 26.0 Å². The van der Waals surface area contributed by atoms with Gasteiger partial charge in [0.2, 0.25) is 11.8 Å². The lowest BCUT2D eigenvalue weighted by Gasteiger charge is -2.12. The zero-order valence-electron chi connectivity index (χ0n) is 11.2. The van der Waals surface area contributed by atoms with E-state index in [1.54, 1.807) is 12.3 Å². The molecule has 6 nitrogen and oxygen atoms in total. The van der Waals surface area contributed by atoms with Gasteiger partial charge in [-0.25, -0.2) is 9.97 Å². The fourth-order valence-electron chi connectivity index (χ4n) is 2.31. The Hall–Kier alpha value is -2.81. The molecule has 20 heavy (non-hydrogen) atoms. The molecule has 3 rings (SSSR count). The van der Waals surface area contributed by atoms with E-state index in [1.165, 1.54) is 0 Å². The van der Waals surface area contributed by atoms with Gasteiger partial charge in [-0.15, -0.1) is 0 Å². The number of para-hydroxylation sites is 1. The van der Waals surface area contributed by atoms with Crippen LogP contribution in [-0.2, 0) is 0 Å². The lowest BCUT2D eigenvalue weighted by atomic mass is 10.2. The number of benzene rings is 1. The summed E-state index contributed by atoms with van der Waals surface area (Å²) in [5.41, 5.74) is 7.89. The van der Waals surface area contributed by atoms with Gasteiger partial charge in [0.25, 0.3) is 0 Å². The summed E-state index contributed by atoms with van der Waals surface area (Å²) in [6, 6.07) is 7.34. The van der Waals surface area contributed by atoms with Gasteiger partial charge in [0, 0.05) is 0 Å². The quantitative estimate of drug-likeness (QED) is 0.769. The molecule has 0 saturated carbocycles. The van der Waals surface area contributed by atoms with Crippen LogP contribution in [-0.4, -0.2) is 14.5 Å². The van der Waals surface area contributed by atoms with Crippen molar-refractivity contribution in [3.05, 3.63) is 41.6 Å². The average molecular weight is 267 g/mol. The summed E-state index contributed by atoms with van der Waals surface area (Å²) in [6.45, 7) is 3.77. The maximum Gasteiger partial charge on any atom is 0.217 e. The maximum atomic E-state index is 9.12. The van der Waals surface area contributed by atoms with Crippen molar-refractivity contribution in [2.24, 2.45) is 0 Å². The number of hydrogen-bond acceptors (Lipinski definition) is 5. The van der Waals surface area contributed by atoms with Gasteiger partial charge < -0.3 is 10.2 Å². The largest absolute Gasteiger partial charge is 0.444 e. The number of nitrogens with two attached hydrogens (primary N) is 1. The number of nitriles is 1. The lowest BCUT2D eigenvalue weighted by Crippen LogP contribution is -2.10. The maximum absolute atomic E-state index is 9.12. The second kappa shape index (κ2) is 4.38. The van der Waals surface area contributed by atoms with E-state index in [9.17, 15) is 0 Å². The molecule has 0 aliphatic heterocycles. The molecule has 0 bridgehead atoms. The van der Waals surface area contributed by atoms with Crippen LogP contribution in [0.4, 0.5) is 5.95 Å². The molecule has 0 saturated heterocycles. The van der Waals surface area contributed by atoms with Crippen molar-refractivity contribution < 1.29 is 4.42 Å². The minimum atomic E-state index is -0.192. The van der Waals surface area contributed by atoms with Crippen LogP contribution >= 0.6 is 0 Å². The minimum absolute atomic E-state index is 0.192. The molecule has 1 aromatic carbocycles. The zero-order valence-corrected chi connectivity index (χ0v) is 11.2. The molecule has 0 amide bonds. The van der Waals surface area contributed by atoms with Gasteiger partial charge in [0.1, 0.15) is 23.4 Å².